The number of amides is 1. The van der Waals surface area contributed by atoms with Gasteiger partial charge in [-0.05, 0) is 13.0 Å². The van der Waals surface area contributed by atoms with E-state index in [0.29, 0.717) is 0 Å². The number of nitrogens with one attached hydrogen (secondary N) is 1. The Morgan fingerprint density at radius 2 is 2.42 bits per heavy atom. The molecule has 0 atom stereocenters. The van der Waals surface area contributed by atoms with Gasteiger partial charge in [0.15, 0.2) is 0 Å². The zero-order valence-corrected chi connectivity index (χ0v) is 7.09. The van der Waals surface area contributed by atoms with Crippen molar-refractivity contribution in [2.45, 2.75) is 6.92 Å². The molecular formula is C7H7ClN2O2. The Morgan fingerprint density at radius 3 is 2.92 bits per heavy atom. The van der Waals surface area contributed by atoms with Gasteiger partial charge in [0.25, 0.3) is 5.91 Å². The number of rotatable bonds is 1. The van der Waals surface area contributed by atoms with Crippen LogP contribution < -0.4 is 5.48 Å². The predicted octanol–water partition coefficient (Wildman–Crippen LogP) is 1.16. The molecule has 0 aliphatic heterocycles. The monoisotopic (exact) mass is 186 g/mol. The van der Waals surface area contributed by atoms with Crippen LogP contribution in [-0.4, -0.2) is 16.1 Å². The minimum absolute atomic E-state index is 0.157. The van der Waals surface area contributed by atoms with E-state index >= 15 is 0 Å². The summed E-state index contributed by atoms with van der Waals surface area (Å²) in [5.41, 5.74) is 2.35. The van der Waals surface area contributed by atoms with Crippen LogP contribution in [0.5, 0.6) is 0 Å². The largest absolute Gasteiger partial charge is 0.288 e. The van der Waals surface area contributed by atoms with Gasteiger partial charge in [-0.2, -0.15) is 0 Å². The molecule has 1 heterocycles. The number of halogens is 1. The zero-order chi connectivity index (χ0) is 9.14. The second kappa shape index (κ2) is 3.51. The van der Waals surface area contributed by atoms with Crippen LogP contribution in [0.3, 0.4) is 0 Å². The topological polar surface area (TPSA) is 62.2 Å². The second-order valence-corrected chi connectivity index (χ2v) is 2.65. The van der Waals surface area contributed by atoms with Gasteiger partial charge in [0.05, 0.1) is 10.6 Å². The van der Waals surface area contributed by atoms with Gasteiger partial charge >= 0.3 is 0 Å². The van der Waals surface area contributed by atoms with Crippen LogP contribution in [0.4, 0.5) is 0 Å². The summed E-state index contributed by atoms with van der Waals surface area (Å²) in [7, 11) is 0. The number of aromatic nitrogens is 1. The van der Waals surface area contributed by atoms with Gasteiger partial charge in [-0.3, -0.25) is 15.0 Å². The summed E-state index contributed by atoms with van der Waals surface area (Å²) >= 11 is 5.69. The van der Waals surface area contributed by atoms with Gasteiger partial charge in [0.2, 0.25) is 0 Å². The lowest BCUT2D eigenvalue weighted by Gasteiger charge is -2.00. The lowest BCUT2D eigenvalue weighted by molar-refractivity contribution is 0.0706. The van der Waals surface area contributed by atoms with Crippen molar-refractivity contribution < 1.29 is 10.0 Å². The number of hydrogen-bond acceptors (Lipinski definition) is 3. The van der Waals surface area contributed by atoms with Crippen LogP contribution >= 0.6 is 11.6 Å². The smallest absolute Gasteiger partial charge is 0.277 e. The molecule has 0 fully saturated rings. The first-order valence-electron chi connectivity index (χ1n) is 3.21. The van der Waals surface area contributed by atoms with Crippen LogP contribution in [0.15, 0.2) is 12.3 Å². The highest BCUT2D eigenvalue weighted by Gasteiger charge is 2.09. The van der Waals surface area contributed by atoms with Crippen molar-refractivity contribution in [2.75, 3.05) is 0 Å². The van der Waals surface area contributed by atoms with E-state index in [4.69, 9.17) is 16.8 Å². The molecule has 1 aromatic heterocycles. The van der Waals surface area contributed by atoms with Crippen LogP contribution in [0.25, 0.3) is 0 Å². The maximum absolute atomic E-state index is 10.9. The molecule has 12 heavy (non-hydrogen) atoms. The average molecular weight is 187 g/mol. The lowest BCUT2D eigenvalue weighted by atomic mass is 10.2. The fourth-order valence-corrected chi connectivity index (χ4v) is 1.05. The van der Waals surface area contributed by atoms with Gasteiger partial charge in [-0.15, -0.1) is 0 Å². The van der Waals surface area contributed by atoms with Gasteiger partial charge in [0.1, 0.15) is 0 Å². The molecule has 0 aromatic carbocycles. The normalized spacial score (nSPS) is 9.58. The molecule has 0 spiro atoms. The number of hydrogen-bond donors (Lipinski definition) is 2. The Bertz CT molecular complexity index is 314. The number of nitrogens with zero attached hydrogens (tertiary/aromatic N) is 1. The molecule has 0 saturated heterocycles. The van der Waals surface area contributed by atoms with Gasteiger partial charge in [-0.1, -0.05) is 11.6 Å². The van der Waals surface area contributed by atoms with Crippen molar-refractivity contribution in [2.24, 2.45) is 0 Å². The Labute approximate surface area is 74.1 Å². The summed E-state index contributed by atoms with van der Waals surface area (Å²) in [6.07, 6.45) is 1.31. The van der Waals surface area contributed by atoms with E-state index in [2.05, 4.69) is 4.98 Å². The van der Waals surface area contributed by atoms with Gasteiger partial charge < -0.3 is 0 Å². The van der Waals surface area contributed by atoms with Crippen molar-refractivity contribution in [1.82, 2.24) is 10.5 Å². The van der Waals surface area contributed by atoms with E-state index in [9.17, 15) is 4.79 Å². The van der Waals surface area contributed by atoms with Crippen molar-refractivity contribution in [3.63, 3.8) is 0 Å². The molecule has 0 saturated carbocycles. The van der Waals surface area contributed by atoms with E-state index in [1.165, 1.54) is 11.7 Å². The Hall–Kier alpha value is -1.13. The maximum Gasteiger partial charge on any atom is 0.277 e. The number of aryl methyl sites for hydroxylation is 1. The number of pyridine rings is 1. The average Bonchev–Trinajstić information content (AvgIpc) is 2.03. The highest BCUT2D eigenvalue weighted by atomic mass is 35.5. The fraction of sp³-hybridized carbons (Fsp3) is 0.143. The highest BCUT2D eigenvalue weighted by Crippen LogP contribution is 2.14. The van der Waals surface area contributed by atoms with Crippen LogP contribution in [0, 0.1) is 6.92 Å². The second-order valence-electron chi connectivity index (χ2n) is 2.25. The SMILES string of the molecule is Cc1cc(Cl)c(C(=O)NO)cn1. The molecule has 1 rings (SSSR count). The zero-order valence-electron chi connectivity index (χ0n) is 6.34. The molecule has 1 aromatic rings. The Kier molecular flexibility index (Phi) is 2.62. The highest BCUT2D eigenvalue weighted by molar-refractivity contribution is 6.33. The third kappa shape index (κ3) is 1.72. The summed E-state index contributed by atoms with van der Waals surface area (Å²) in [4.78, 5) is 14.7. The first kappa shape index (κ1) is 8.96. The Balaban J connectivity index is 3.09. The third-order valence-corrected chi connectivity index (χ3v) is 1.65. The molecular weight excluding hydrogens is 180 g/mol. The minimum Gasteiger partial charge on any atom is -0.288 e. The molecule has 0 aliphatic rings. The summed E-state index contributed by atoms with van der Waals surface area (Å²) < 4.78 is 0. The maximum atomic E-state index is 10.9. The standard InChI is InChI=1S/C7H7ClN2O2/c1-4-2-6(8)5(3-9-4)7(11)10-12/h2-3,12H,1H3,(H,10,11). The number of carbonyl (C=O) groups is 1. The molecule has 0 aliphatic carbocycles. The first-order chi connectivity index (χ1) is 5.65. The summed E-state index contributed by atoms with van der Waals surface area (Å²) in [5, 5.41) is 8.57. The quantitative estimate of drug-likeness (QED) is 0.511. The fourth-order valence-electron chi connectivity index (χ4n) is 0.754. The van der Waals surface area contributed by atoms with Gasteiger partial charge in [-0.25, -0.2) is 5.48 Å². The molecule has 1 amide bonds. The predicted molar refractivity (Wildman–Crippen MR) is 43.2 cm³/mol. The van der Waals surface area contributed by atoms with E-state index in [-0.39, 0.29) is 10.6 Å². The van der Waals surface area contributed by atoms with Crippen molar-refractivity contribution in [3.05, 3.63) is 28.5 Å². The van der Waals surface area contributed by atoms with E-state index < -0.39 is 5.91 Å². The van der Waals surface area contributed by atoms with Crippen molar-refractivity contribution in [3.8, 4) is 0 Å². The molecule has 0 unspecified atom stereocenters. The lowest BCUT2D eigenvalue weighted by Crippen LogP contribution is -2.19. The van der Waals surface area contributed by atoms with Crippen molar-refractivity contribution in [1.29, 1.82) is 0 Å². The van der Waals surface area contributed by atoms with E-state index in [0.717, 1.165) is 5.69 Å². The molecule has 5 heteroatoms. The van der Waals surface area contributed by atoms with E-state index in [1.807, 2.05) is 0 Å². The minimum atomic E-state index is -0.660. The van der Waals surface area contributed by atoms with Gasteiger partial charge in [0, 0.05) is 11.9 Å². The molecule has 4 nitrogen and oxygen atoms in total. The van der Waals surface area contributed by atoms with Crippen molar-refractivity contribution >= 4 is 17.5 Å². The number of carbonyl (C=O) groups excluding carboxylic acids is 1. The summed E-state index contributed by atoms with van der Waals surface area (Å²) in [5.74, 6) is -0.660. The molecule has 2 N–H and O–H groups in total. The van der Waals surface area contributed by atoms with Crippen LogP contribution in [0.2, 0.25) is 5.02 Å². The molecule has 0 radical (unpaired) electrons. The van der Waals surface area contributed by atoms with Crippen LogP contribution in [-0.2, 0) is 0 Å². The Morgan fingerprint density at radius 1 is 1.75 bits per heavy atom. The number of hydroxylamine groups is 1. The summed E-state index contributed by atoms with van der Waals surface area (Å²) in [6.45, 7) is 1.76. The first-order valence-corrected chi connectivity index (χ1v) is 3.59. The van der Waals surface area contributed by atoms with E-state index in [1.54, 1.807) is 13.0 Å². The molecule has 64 valence electrons. The van der Waals surface area contributed by atoms with Crippen LogP contribution in [0.1, 0.15) is 16.1 Å². The summed E-state index contributed by atoms with van der Waals surface area (Å²) in [6, 6.07) is 1.55. The third-order valence-electron chi connectivity index (χ3n) is 1.34. The molecule has 0 bridgehead atoms.